The van der Waals surface area contributed by atoms with Gasteiger partial charge in [0.1, 0.15) is 13.2 Å². The molecule has 0 saturated carbocycles. The lowest BCUT2D eigenvalue weighted by Gasteiger charge is -2.18. The summed E-state index contributed by atoms with van der Waals surface area (Å²) in [7, 11) is 0. The molecule has 0 amide bonds. The lowest BCUT2D eigenvalue weighted by molar-refractivity contribution is -0.167. The van der Waals surface area contributed by atoms with Crippen LogP contribution in [0.2, 0.25) is 0 Å². The molecule has 0 rings (SSSR count). The van der Waals surface area contributed by atoms with Crippen LogP contribution in [0.3, 0.4) is 0 Å². The van der Waals surface area contributed by atoms with Crippen molar-refractivity contribution in [2.24, 2.45) is 0 Å². The van der Waals surface area contributed by atoms with Crippen LogP contribution in [-0.4, -0.2) is 37.2 Å². The Morgan fingerprint density at radius 2 is 0.661 bits per heavy atom. The lowest BCUT2D eigenvalue weighted by atomic mass is 10.0. The van der Waals surface area contributed by atoms with E-state index in [9.17, 15) is 14.4 Å². The Morgan fingerprint density at radius 3 is 1.14 bits per heavy atom. The highest BCUT2D eigenvalue weighted by Gasteiger charge is 2.19. The van der Waals surface area contributed by atoms with E-state index >= 15 is 0 Å². The molecule has 0 aromatic carbocycles. The number of hydrogen-bond acceptors (Lipinski definition) is 6. The molecule has 0 aromatic heterocycles. The maximum absolute atomic E-state index is 12.7. The molecule has 0 N–H and O–H groups in total. The first-order valence-electron chi connectivity index (χ1n) is 23.6. The van der Waals surface area contributed by atoms with E-state index in [4.69, 9.17) is 14.2 Å². The predicted octanol–water partition coefficient (Wildman–Crippen LogP) is 15.1. The molecule has 56 heavy (non-hydrogen) atoms. The molecule has 6 nitrogen and oxygen atoms in total. The molecule has 0 saturated heterocycles. The van der Waals surface area contributed by atoms with Gasteiger partial charge < -0.3 is 14.2 Å². The smallest absolute Gasteiger partial charge is 0.306 e. The minimum absolute atomic E-state index is 0.0881. The van der Waals surface area contributed by atoms with Gasteiger partial charge in [-0.2, -0.15) is 0 Å². The average molecular weight is 785 g/mol. The number of ether oxygens (including phenoxy) is 3. The van der Waals surface area contributed by atoms with E-state index in [1.165, 1.54) is 116 Å². The fraction of sp³-hybridized carbons (Fsp3) is 0.780. The van der Waals surface area contributed by atoms with Gasteiger partial charge in [-0.25, -0.2) is 0 Å². The quantitative estimate of drug-likeness (QED) is 0.0265. The third-order valence-electron chi connectivity index (χ3n) is 10.1. The zero-order valence-electron chi connectivity index (χ0n) is 36.9. The molecular weight excluding hydrogens is 697 g/mol. The normalized spacial score (nSPS) is 12.4. The summed E-state index contributed by atoms with van der Waals surface area (Å²) in [6, 6.07) is 0. The average Bonchev–Trinajstić information content (AvgIpc) is 3.19. The SMILES string of the molecule is CCCC/C=C\CCCCCCCC(=O)OC[C@H](COC(=O)CCCC/C=C\C/C=C\C/C=C\CCCCC)OC(=O)CCCCCCCCCCCCCC. The van der Waals surface area contributed by atoms with Gasteiger partial charge in [0.25, 0.3) is 0 Å². The summed E-state index contributed by atoms with van der Waals surface area (Å²) in [6.45, 7) is 6.52. The highest BCUT2D eigenvalue weighted by molar-refractivity contribution is 5.71. The number of hydrogen-bond donors (Lipinski definition) is 0. The fourth-order valence-electron chi connectivity index (χ4n) is 6.43. The maximum Gasteiger partial charge on any atom is 0.306 e. The first-order valence-corrected chi connectivity index (χ1v) is 23.6. The van der Waals surface area contributed by atoms with Gasteiger partial charge >= 0.3 is 17.9 Å². The zero-order valence-corrected chi connectivity index (χ0v) is 36.9. The summed E-state index contributed by atoms with van der Waals surface area (Å²) in [5.74, 6) is -0.935. The molecule has 0 radical (unpaired) electrons. The zero-order chi connectivity index (χ0) is 40.8. The van der Waals surface area contributed by atoms with Crippen LogP contribution < -0.4 is 0 Å². The Morgan fingerprint density at radius 1 is 0.357 bits per heavy atom. The highest BCUT2D eigenvalue weighted by Crippen LogP contribution is 2.14. The number of esters is 3. The third-order valence-corrected chi connectivity index (χ3v) is 10.1. The van der Waals surface area contributed by atoms with Gasteiger partial charge in [0, 0.05) is 19.3 Å². The molecule has 0 fully saturated rings. The second-order valence-corrected chi connectivity index (χ2v) is 15.7. The van der Waals surface area contributed by atoms with Crippen LogP contribution in [0.1, 0.15) is 233 Å². The summed E-state index contributed by atoms with van der Waals surface area (Å²) in [5, 5.41) is 0. The molecule has 0 aliphatic heterocycles. The number of unbranched alkanes of at least 4 members (excludes halogenated alkanes) is 23. The van der Waals surface area contributed by atoms with Crippen molar-refractivity contribution < 1.29 is 28.6 Å². The van der Waals surface area contributed by atoms with Crippen molar-refractivity contribution in [3.8, 4) is 0 Å². The van der Waals surface area contributed by atoms with E-state index in [0.29, 0.717) is 19.3 Å². The van der Waals surface area contributed by atoms with E-state index < -0.39 is 6.10 Å². The Bertz CT molecular complexity index is 996. The van der Waals surface area contributed by atoms with Crippen LogP contribution in [0.15, 0.2) is 48.6 Å². The second-order valence-electron chi connectivity index (χ2n) is 15.7. The lowest BCUT2D eigenvalue weighted by Crippen LogP contribution is -2.30. The van der Waals surface area contributed by atoms with E-state index in [1.807, 2.05) is 0 Å². The number of carbonyl (C=O) groups excluding carboxylic acids is 3. The largest absolute Gasteiger partial charge is 0.462 e. The van der Waals surface area contributed by atoms with E-state index in [1.54, 1.807) is 0 Å². The van der Waals surface area contributed by atoms with Gasteiger partial charge in [0.15, 0.2) is 6.10 Å². The highest BCUT2D eigenvalue weighted by atomic mass is 16.6. The third kappa shape index (κ3) is 42.5. The van der Waals surface area contributed by atoms with Crippen LogP contribution in [0.25, 0.3) is 0 Å². The van der Waals surface area contributed by atoms with Crippen molar-refractivity contribution in [1.29, 1.82) is 0 Å². The molecule has 0 heterocycles. The first kappa shape index (κ1) is 53.4. The molecular formula is C50H88O6. The minimum Gasteiger partial charge on any atom is -0.462 e. The molecule has 0 aliphatic carbocycles. The standard InChI is InChI=1S/C50H88O6/c1-4-7-10-13-16-19-22-24-25-26-29-31-34-37-40-43-49(52)55-46-47(45-54-48(51)42-39-36-33-30-27-21-18-15-12-9-6-3)56-50(53)44-41-38-35-32-28-23-20-17-14-11-8-5-2/h15-16,18-19,24-25,29,31,47H,4-14,17,20-23,26-28,30,32-46H2,1-3H3/b18-15-,19-16-,25-24-,31-29-/t47-/m1/s1. The molecule has 0 aromatic rings. The molecule has 0 unspecified atom stereocenters. The Hall–Kier alpha value is -2.63. The molecule has 0 bridgehead atoms. The molecule has 6 heteroatoms. The molecule has 0 aliphatic rings. The van der Waals surface area contributed by atoms with Crippen molar-refractivity contribution in [2.75, 3.05) is 13.2 Å². The van der Waals surface area contributed by atoms with Crippen LogP contribution in [0.4, 0.5) is 0 Å². The van der Waals surface area contributed by atoms with Gasteiger partial charge in [-0.05, 0) is 77.0 Å². The van der Waals surface area contributed by atoms with Gasteiger partial charge in [0.05, 0.1) is 0 Å². The van der Waals surface area contributed by atoms with Crippen LogP contribution in [-0.2, 0) is 28.6 Å². The van der Waals surface area contributed by atoms with Gasteiger partial charge in [-0.15, -0.1) is 0 Å². The summed E-state index contributed by atoms with van der Waals surface area (Å²) in [5.41, 5.74) is 0. The Kier molecular flexibility index (Phi) is 43.0. The minimum atomic E-state index is -0.786. The number of rotatable bonds is 42. The molecule has 0 spiro atoms. The second kappa shape index (κ2) is 45.1. The van der Waals surface area contributed by atoms with E-state index in [0.717, 1.165) is 77.0 Å². The maximum atomic E-state index is 12.7. The van der Waals surface area contributed by atoms with Gasteiger partial charge in [0.2, 0.25) is 0 Å². The van der Waals surface area contributed by atoms with E-state index in [2.05, 4.69) is 69.4 Å². The number of allylic oxidation sites excluding steroid dienone is 8. The van der Waals surface area contributed by atoms with Crippen LogP contribution in [0.5, 0.6) is 0 Å². The summed E-state index contributed by atoms with van der Waals surface area (Å²) in [6.07, 6.45) is 52.3. The topological polar surface area (TPSA) is 78.9 Å². The van der Waals surface area contributed by atoms with Crippen molar-refractivity contribution >= 4 is 17.9 Å². The number of carbonyl (C=O) groups is 3. The summed E-state index contributed by atoms with van der Waals surface area (Å²) >= 11 is 0. The van der Waals surface area contributed by atoms with Crippen molar-refractivity contribution in [3.05, 3.63) is 48.6 Å². The van der Waals surface area contributed by atoms with Gasteiger partial charge in [-0.1, -0.05) is 185 Å². The van der Waals surface area contributed by atoms with Crippen LogP contribution >= 0.6 is 0 Å². The fourth-order valence-corrected chi connectivity index (χ4v) is 6.43. The summed E-state index contributed by atoms with van der Waals surface area (Å²) < 4.78 is 16.7. The molecule has 1 atom stereocenters. The van der Waals surface area contributed by atoms with Crippen LogP contribution in [0, 0.1) is 0 Å². The van der Waals surface area contributed by atoms with E-state index in [-0.39, 0.29) is 31.1 Å². The van der Waals surface area contributed by atoms with Crippen molar-refractivity contribution in [2.45, 2.75) is 239 Å². The predicted molar refractivity (Wildman–Crippen MR) is 238 cm³/mol. The summed E-state index contributed by atoms with van der Waals surface area (Å²) in [4.78, 5) is 37.7. The van der Waals surface area contributed by atoms with Crippen molar-refractivity contribution in [3.63, 3.8) is 0 Å². The van der Waals surface area contributed by atoms with Crippen molar-refractivity contribution in [1.82, 2.24) is 0 Å². The Labute approximate surface area is 346 Å². The Balaban J connectivity index is 4.43. The first-order chi connectivity index (χ1) is 27.5. The molecule has 324 valence electrons. The monoisotopic (exact) mass is 785 g/mol. The van der Waals surface area contributed by atoms with Gasteiger partial charge in [-0.3, -0.25) is 14.4 Å².